The zero-order chi connectivity index (χ0) is 13.9. The number of β-amino-alcohol motifs (C(OH)–C–C–N with tert-alkyl or cyclic N) is 1. The molecule has 0 saturated heterocycles. The molecule has 108 valence electrons. The van der Waals surface area contributed by atoms with Crippen LogP contribution in [0.5, 0.6) is 0 Å². The van der Waals surface area contributed by atoms with Crippen molar-refractivity contribution in [3.05, 3.63) is 22.4 Å². The minimum absolute atomic E-state index is 0.0686. The molecule has 4 heteroatoms. The van der Waals surface area contributed by atoms with Gasteiger partial charge in [-0.15, -0.1) is 11.3 Å². The number of thiophene rings is 1. The zero-order valence-electron chi connectivity index (χ0n) is 12.2. The highest BCUT2D eigenvalue weighted by atomic mass is 32.1. The molecular weight excluding hydrogens is 256 g/mol. The highest BCUT2D eigenvalue weighted by Gasteiger charge is 2.30. The summed E-state index contributed by atoms with van der Waals surface area (Å²) in [7, 11) is 0. The van der Waals surface area contributed by atoms with Crippen molar-refractivity contribution in [2.24, 2.45) is 0 Å². The van der Waals surface area contributed by atoms with Crippen molar-refractivity contribution < 1.29 is 5.11 Å². The van der Waals surface area contributed by atoms with Crippen LogP contribution in [0.15, 0.2) is 17.5 Å². The van der Waals surface area contributed by atoms with E-state index in [0.717, 1.165) is 13.1 Å². The van der Waals surface area contributed by atoms with Gasteiger partial charge in [-0.2, -0.15) is 0 Å². The Labute approximate surface area is 120 Å². The van der Waals surface area contributed by atoms with E-state index in [9.17, 15) is 5.11 Å². The van der Waals surface area contributed by atoms with Gasteiger partial charge in [0.1, 0.15) is 0 Å². The van der Waals surface area contributed by atoms with Crippen LogP contribution in [-0.4, -0.2) is 40.8 Å². The molecule has 0 aliphatic heterocycles. The van der Waals surface area contributed by atoms with Gasteiger partial charge < -0.3 is 10.4 Å². The summed E-state index contributed by atoms with van der Waals surface area (Å²) in [6, 6.07) is 4.97. The monoisotopic (exact) mass is 282 g/mol. The molecule has 0 radical (unpaired) electrons. The van der Waals surface area contributed by atoms with Gasteiger partial charge >= 0.3 is 0 Å². The third kappa shape index (κ3) is 5.61. The molecule has 1 aliphatic carbocycles. The van der Waals surface area contributed by atoms with Gasteiger partial charge in [0, 0.05) is 36.1 Å². The molecule has 1 unspecified atom stereocenters. The molecule has 0 spiro atoms. The van der Waals surface area contributed by atoms with E-state index in [0.29, 0.717) is 12.6 Å². The van der Waals surface area contributed by atoms with Crippen molar-refractivity contribution in [3.63, 3.8) is 0 Å². The summed E-state index contributed by atoms with van der Waals surface area (Å²) < 4.78 is 0. The molecule has 1 atom stereocenters. The fourth-order valence-corrected chi connectivity index (χ4v) is 2.87. The summed E-state index contributed by atoms with van der Waals surface area (Å²) in [4.78, 5) is 3.82. The van der Waals surface area contributed by atoms with E-state index in [4.69, 9.17) is 0 Å². The maximum absolute atomic E-state index is 10.2. The summed E-state index contributed by atoms with van der Waals surface area (Å²) in [5.41, 5.74) is 0.0686. The molecule has 1 aromatic heterocycles. The molecule has 2 N–H and O–H groups in total. The quantitative estimate of drug-likeness (QED) is 0.806. The largest absolute Gasteiger partial charge is 0.390 e. The zero-order valence-corrected chi connectivity index (χ0v) is 13.0. The van der Waals surface area contributed by atoms with Crippen LogP contribution in [0.1, 0.15) is 38.5 Å². The molecule has 2 rings (SSSR count). The number of hydrogen-bond acceptors (Lipinski definition) is 4. The van der Waals surface area contributed by atoms with Crippen LogP contribution in [0.25, 0.3) is 0 Å². The van der Waals surface area contributed by atoms with Crippen LogP contribution in [0, 0.1) is 0 Å². The molecule has 0 bridgehead atoms. The molecule has 1 aromatic rings. The smallest absolute Gasteiger partial charge is 0.0791 e. The first-order chi connectivity index (χ1) is 8.94. The summed E-state index contributed by atoms with van der Waals surface area (Å²) >= 11 is 1.80. The first-order valence-electron chi connectivity index (χ1n) is 7.13. The lowest BCUT2D eigenvalue weighted by Gasteiger charge is -2.27. The van der Waals surface area contributed by atoms with Crippen LogP contribution in [-0.2, 0) is 6.54 Å². The van der Waals surface area contributed by atoms with E-state index in [-0.39, 0.29) is 11.6 Å². The predicted octanol–water partition coefficient (Wildman–Crippen LogP) is 2.46. The second kappa shape index (κ2) is 6.35. The molecule has 1 saturated carbocycles. The average Bonchev–Trinajstić information content (AvgIpc) is 3.04. The van der Waals surface area contributed by atoms with Crippen LogP contribution in [0.3, 0.4) is 0 Å². The molecule has 1 fully saturated rings. The predicted molar refractivity (Wildman–Crippen MR) is 81.5 cm³/mol. The number of aliphatic hydroxyl groups is 1. The number of rotatable bonds is 7. The average molecular weight is 282 g/mol. The lowest BCUT2D eigenvalue weighted by Crippen LogP contribution is -2.45. The molecule has 0 aromatic carbocycles. The van der Waals surface area contributed by atoms with E-state index in [1.54, 1.807) is 11.3 Å². The Balaban J connectivity index is 1.79. The minimum atomic E-state index is -0.292. The number of aliphatic hydroxyl groups excluding tert-OH is 1. The van der Waals surface area contributed by atoms with Crippen molar-refractivity contribution in [3.8, 4) is 0 Å². The Kier molecular flexibility index (Phi) is 5.01. The molecular formula is C15H26N2OS. The van der Waals surface area contributed by atoms with Gasteiger partial charge in [0.25, 0.3) is 0 Å². The van der Waals surface area contributed by atoms with Crippen LogP contribution in [0.2, 0.25) is 0 Å². The standard InChI is InChI=1S/C15H26N2OS/c1-15(2,3)16-9-13(18)10-17(12-6-7-12)11-14-5-4-8-19-14/h4-5,8,12-13,16,18H,6-7,9-11H2,1-3H3. The fraction of sp³-hybridized carbons (Fsp3) is 0.733. The summed E-state index contributed by atoms with van der Waals surface area (Å²) in [5.74, 6) is 0. The normalized spacial score (nSPS) is 17.9. The second-order valence-electron chi connectivity index (χ2n) is 6.52. The second-order valence-corrected chi connectivity index (χ2v) is 7.56. The maximum atomic E-state index is 10.2. The molecule has 3 nitrogen and oxygen atoms in total. The molecule has 0 amide bonds. The topological polar surface area (TPSA) is 35.5 Å². The van der Waals surface area contributed by atoms with Crippen molar-refractivity contribution >= 4 is 11.3 Å². The Morgan fingerprint density at radius 3 is 2.74 bits per heavy atom. The minimum Gasteiger partial charge on any atom is -0.390 e. The number of nitrogens with one attached hydrogen (secondary N) is 1. The number of hydrogen-bond donors (Lipinski definition) is 2. The van der Waals surface area contributed by atoms with E-state index >= 15 is 0 Å². The Morgan fingerprint density at radius 1 is 1.47 bits per heavy atom. The molecule has 1 aliphatic rings. The van der Waals surface area contributed by atoms with E-state index in [2.05, 4.69) is 48.5 Å². The van der Waals surface area contributed by atoms with E-state index in [1.807, 2.05) is 0 Å². The highest BCUT2D eigenvalue weighted by molar-refractivity contribution is 7.09. The summed E-state index contributed by atoms with van der Waals surface area (Å²) in [6.45, 7) is 8.80. The van der Waals surface area contributed by atoms with Crippen LogP contribution < -0.4 is 5.32 Å². The van der Waals surface area contributed by atoms with Gasteiger partial charge in [-0.05, 0) is 45.1 Å². The van der Waals surface area contributed by atoms with Gasteiger partial charge in [0.2, 0.25) is 0 Å². The Hall–Kier alpha value is -0.420. The third-order valence-electron chi connectivity index (χ3n) is 3.32. The first-order valence-corrected chi connectivity index (χ1v) is 8.01. The molecule has 19 heavy (non-hydrogen) atoms. The lowest BCUT2D eigenvalue weighted by molar-refractivity contribution is 0.0979. The molecule has 1 heterocycles. The summed E-state index contributed by atoms with van der Waals surface area (Å²) in [5, 5.41) is 15.7. The van der Waals surface area contributed by atoms with Crippen molar-refractivity contribution in [1.29, 1.82) is 0 Å². The van der Waals surface area contributed by atoms with Crippen LogP contribution in [0.4, 0.5) is 0 Å². The summed E-state index contributed by atoms with van der Waals surface area (Å²) in [6.07, 6.45) is 2.27. The van der Waals surface area contributed by atoms with Gasteiger partial charge in [0.15, 0.2) is 0 Å². The third-order valence-corrected chi connectivity index (χ3v) is 4.18. The fourth-order valence-electron chi connectivity index (χ4n) is 2.14. The highest BCUT2D eigenvalue weighted by Crippen LogP contribution is 2.29. The van der Waals surface area contributed by atoms with Crippen LogP contribution >= 0.6 is 11.3 Å². The van der Waals surface area contributed by atoms with Crippen molar-refractivity contribution in [1.82, 2.24) is 10.2 Å². The van der Waals surface area contributed by atoms with Crippen molar-refractivity contribution in [2.45, 2.75) is 57.8 Å². The maximum Gasteiger partial charge on any atom is 0.0791 e. The van der Waals surface area contributed by atoms with E-state index in [1.165, 1.54) is 17.7 Å². The van der Waals surface area contributed by atoms with Gasteiger partial charge in [-0.1, -0.05) is 6.07 Å². The first kappa shape index (κ1) is 15.0. The SMILES string of the molecule is CC(C)(C)NCC(O)CN(Cc1cccs1)C1CC1. The van der Waals surface area contributed by atoms with E-state index < -0.39 is 0 Å². The lowest BCUT2D eigenvalue weighted by atomic mass is 10.1. The Bertz CT molecular complexity index is 368. The van der Waals surface area contributed by atoms with Gasteiger partial charge in [-0.3, -0.25) is 4.90 Å². The van der Waals surface area contributed by atoms with Gasteiger partial charge in [0.05, 0.1) is 6.10 Å². The van der Waals surface area contributed by atoms with Crippen molar-refractivity contribution in [2.75, 3.05) is 13.1 Å². The number of nitrogens with zero attached hydrogens (tertiary/aromatic N) is 1. The van der Waals surface area contributed by atoms with Gasteiger partial charge in [-0.25, -0.2) is 0 Å². The Morgan fingerprint density at radius 2 is 2.21 bits per heavy atom.